The summed E-state index contributed by atoms with van der Waals surface area (Å²) in [7, 11) is 1.61. The van der Waals surface area contributed by atoms with Crippen LogP contribution in [0.15, 0.2) is 47.4 Å². The number of hydrogen-bond acceptors (Lipinski definition) is 5. The van der Waals surface area contributed by atoms with Gasteiger partial charge in [-0.15, -0.1) is 0 Å². The van der Waals surface area contributed by atoms with Gasteiger partial charge in [0.05, 0.1) is 11.9 Å². The average Bonchev–Trinajstić information content (AvgIpc) is 2.81. The van der Waals surface area contributed by atoms with Gasteiger partial charge in [0.1, 0.15) is 11.5 Å². The molecular weight excluding hydrogens is 433 g/mol. The van der Waals surface area contributed by atoms with E-state index in [1.165, 1.54) is 12.1 Å². The molecule has 0 radical (unpaired) electrons. The van der Waals surface area contributed by atoms with Crippen LogP contribution in [-0.4, -0.2) is 60.5 Å². The summed E-state index contributed by atoms with van der Waals surface area (Å²) in [5.74, 6) is -0.554. The number of benzene rings is 1. The summed E-state index contributed by atoms with van der Waals surface area (Å²) in [5.41, 5.74) is 2.74. The number of carbonyl (C=O) groups is 1. The van der Waals surface area contributed by atoms with Crippen LogP contribution in [0.1, 0.15) is 35.4 Å². The minimum absolute atomic E-state index is 0.0851. The average molecular weight is 462 g/mol. The Bertz CT molecular complexity index is 1310. The Morgan fingerprint density at radius 3 is 2.56 bits per heavy atom. The van der Waals surface area contributed by atoms with Gasteiger partial charge in [0, 0.05) is 56.3 Å². The minimum Gasteiger partial charge on any atom is -0.368 e. The van der Waals surface area contributed by atoms with E-state index in [2.05, 4.69) is 25.1 Å². The summed E-state index contributed by atoms with van der Waals surface area (Å²) in [5, 5.41) is 3.83. The fourth-order valence-corrected chi connectivity index (χ4v) is 6.44. The van der Waals surface area contributed by atoms with Gasteiger partial charge in [-0.25, -0.2) is 9.37 Å². The lowest BCUT2D eigenvalue weighted by Crippen LogP contribution is -2.69. The maximum Gasteiger partial charge on any atom is 0.269 e. The molecule has 4 fully saturated rings. The molecule has 4 aliphatic rings. The fourth-order valence-electron chi connectivity index (χ4n) is 6.44. The van der Waals surface area contributed by atoms with Crippen molar-refractivity contribution in [3.8, 4) is 0 Å². The standard InChI is InChI=1S/C26H28FN5O2/c1-28-24(34)21-5-4-19(12-29-21)32-8-6-31(7-9-32)16-25-13-26(14-25,15-25)22-10-17-2-3-18(27)11-20(17)23(33)30-22/h2-5,10-12H,6-9,13-16H2,1H3,(H,28,34)(H,30,33). The highest BCUT2D eigenvalue weighted by Gasteiger charge is 2.68. The Hall–Kier alpha value is -3.26. The van der Waals surface area contributed by atoms with E-state index in [0.29, 0.717) is 16.5 Å². The number of H-pyrrole nitrogens is 1. The van der Waals surface area contributed by atoms with E-state index in [9.17, 15) is 14.0 Å². The molecule has 1 aromatic carbocycles. The van der Waals surface area contributed by atoms with Gasteiger partial charge in [-0.3, -0.25) is 14.5 Å². The van der Waals surface area contributed by atoms with Crippen LogP contribution in [-0.2, 0) is 5.41 Å². The van der Waals surface area contributed by atoms with Crippen molar-refractivity contribution in [3.05, 3.63) is 70.2 Å². The molecule has 1 aliphatic heterocycles. The third kappa shape index (κ3) is 3.39. The van der Waals surface area contributed by atoms with Gasteiger partial charge in [0.25, 0.3) is 11.5 Å². The predicted octanol–water partition coefficient (Wildman–Crippen LogP) is 2.67. The largest absolute Gasteiger partial charge is 0.368 e. The molecule has 3 aromatic rings. The molecule has 1 amide bonds. The molecule has 3 heterocycles. The second-order valence-electron chi connectivity index (χ2n) is 10.3. The van der Waals surface area contributed by atoms with Gasteiger partial charge in [-0.1, -0.05) is 6.07 Å². The number of hydrogen-bond donors (Lipinski definition) is 2. The first-order valence-electron chi connectivity index (χ1n) is 11.9. The third-order valence-electron chi connectivity index (χ3n) is 8.02. The Balaban J connectivity index is 1.06. The molecule has 1 saturated heterocycles. The number of aromatic nitrogens is 2. The zero-order chi connectivity index (χ0) is 23.5. The Labute approximate surface area is 197 Å². The molecule has 0 atom stereocenters. The molecule has 0 unspecified atom stereocenters. The number of nitrogens with zero attached hydrogens (tertiary/aromatic N) is 3. The third-order valence-corrected chi connectivity index (χ3v) is 8.02. The van der Waals surface area contributed by atoms with Crippen LogP contribution < -0.4 is 15.8 Å². The smallest absolute Gasteiger partial charge is 0.269 e. The molecule has 7 nitrogen and oxygen atoms in total. The van der Waals surface area contributed by atoms with E-state index in [-0.39, 0.29) is 22.7 Å². The highest BCUT2D eigenvalue weighted by atomic mass is 19.1. The molecule has 34 heavy (non-hydrogen) atoms. The number of pyridine rings is 2. The van der Waals surface area contributed by atoms with E-state index in [0.717, 1.165) is 68.8 Å². The maximum atomic E-state index is 13.5. The number of anilines is 1. The van der Waals surface area contributed by atoms with Gasteiger partial charge in [0.15, 0.2) is 0 Å². The highest BCUT2D eigenvalue weighted by Crippen LogP contribution is 2.73. The number of amides is 1. The van der Waals surface area contributed by atoms with Crippen molar-refractivity contribution >= 4 is 22.4 Å². The predicted molar refractivity (Wildman–Crippen MR) is 129 cm³/mol. The Morgan fingerprint density at radius 2 is 1.88 bits per heavy atom. The van der Waals surface area contributed by atoms with Crippen molar-refractivity contribution in [2.75, 3.05) is 44.7 Å². The van der Waals surface area contributed by atoms with Crippen LogP contribution in [0.3, 0.4) is 0 Å². The van der Waals surface area contributed by atoms with Crippen molar-refractivity contribution in [1.29, 1.82) is 0 Å². The van der Waals surface area contributed by atoms with Gasteiger partial charge in [-0.2, -0.15) is 0 Å². The van der Waals surface area contributed by atoms with Gasteiger partial charge >= 0.3 is 0 Å². The van der Waals surface area contributed by atoms with E-state index >= 15 is 0 Å². The first-order valence-corrected chi connectivity index (χ1v) is 11.9. The summed E-state index contributed by atoms with van der Waals surface area (Å²) >= 11 is 0. The van der Waals surface area contributed by atoms with Gasteiger partial charge < -0.3 is 15.2 Å². The molecule has 8 heteroatoms. The Morgan fingerprint density at radius 1 is 1.12 bits per heavy atom. The topological polar surface area (TPSA) is 81.3 Å². The number of fused-ring (bicyclic) bond motifs is 1. The number of aromatic amines is 1. The van der Waals surface area contributed by atoms with E-state index in [1.807, 2.05) is 12.1 Å². The zero-order valence-electron chi connectivity index (χ0n) is 19.2. The molecule has 3 aliphatic carbocycles. The van der Waals surface area contributed by atoms with Crippen LogP contribution in [0.25, 0.3) is 10.8 Å². The van der Waals surface area contributed by atoms with Gasteiger partial charge in [0.2, 0.25) is 0 Å². The first-order chi connectivity index (χ1) is 16.4. The summed E-state index contributed by atoms with van der Waals surface area (Å²) < 4.78 is 13.5. The van der Waals surface area contributed by atoms with Crippen LogP contribution in [0.5, 0.6) is 0 Å². The van der Waals surface area contributed by atoms with Crippen molar-refractivity contribution in [1.82, 2.24) is 20.2 Å². The number of piperazine rings is 1. The van der Waals surface area contributed by atoms with Crippen LogP contribution in [0, 0.1) is 11.2 Å². The summed E-state index contributed by atoms with van der Waals surface area (Å²) in [6.45, 7) is 4.99. The molecule has 2 bridgehead atoms. The van der Waals surface area contributed by atoms with Crippen molar-refractivity contribution < 1.29 is 9.18 Å². The molecule has 2 N–H and O–H groups in total. The van der Waals surface area contributed by atoms with Crippen LogP contribution in [0.2, 0.25) is 0 Å². The summed E-state index contributed by atoms with van der Waals surface area (Å²) in [6, 6.07) is 10.2. The van der Waals surface area contributed by atoms with Crippen LogP contribution in [0.4, 0.5) is 10.1 Å². The summed E-state index contributed by atoms with van der Waals surface area (Å²) in [6.07, 6.45) is 5.10. The Kier molecular flexibility index (Phi) is 4.78. The molecular formula is C26H28FN5O2. The first kappa shape index (κ1) is 21.3. The molecule has 0 spiro atoms. The quantitative estimate of drug-likeness (QED) is 0.611. The zero-order valence-corrected chi connectivity index (χ0v) is 19.2. The molecule has 3 saturated carbocycles. The highest BCUT2D eigenvalue weighted by molar-refractivity contribution is 5.92. The summed E-state index contributed by atoms with van der Waals surface area (Å²) in [4.78, 5) is 36.4. The SMILES string of the molecule is CNC(=O)c1ccc(N2CCN(CC34CC(c5cc6ccc(F)cc6c(=O)[nH]5)(C3)C4)CC2)cn1. The lowest BCUT2D eigenvalue weighted by molar-refractivity contribution is -0.158. The lowest BCUT2D eigenvalue weighted by Gasteiger charge is -2.71. The van der Waals surface area contributed by atoms with Gasteiger partial charge in [-0.05, 0) is 60.4 Å². The van der Waals surface area contributed by atoms with Crippen molar-refractivity contribution in [2.24, 2.45) is 5.41 Å². The van der Waals surface area contributed by atoms with Crippen molar-refractivity contribution in [2.45, 2.75) is 24.7 Å². The number of nitrogens with one attached hydrogen (secondary N) is 2. The second kappa shape index (κ2) is 7.63. The molecule has 176 valence electrons. The fraction of sp³-hybridized carbons (Fsp3) is 0.423. The normalized spacial score (nSPS) is 26.1. The molecule has 2 aromatic heterocycles. The monoisotopic (exact) mass is 461 g/mol. The van der Waals surface area contributed by atoms with E-state index < -0.39 is 0 Å². The second-order valence-corrected chi connectivity index (χ2v) is 10.3. The number of carbonyl (C=O) groups excluding carboxylic acids is 1. The van der Waals surface area contributed by atoms with Crippen LogP contribution >= 0.6 is 0 Å². The number of rotatable bonds is 5. The molecule has 7 rings (SSSR count). The minimum atomic E-state index is -0.382. The van der Waals surface area contributed by atoms with E-state index in [1.54, 1.807) is 25.4 Å². The van der Waals surface area contributed by atoms with Crippen molar-refractivity contribution in [3.63, 3.8) is 0 Å². The maximum absolute atomic E-state index is 13.5. The van der Waals surface area contributed by atoms with E-state index in [4.69, 9.17) is 0 Å². The number of halogens is 1. The lowest BCUT2D eigenvalue weighted by atomic mass is 9.34.